The SMILES string of the molecule is CCCNc1ccc(C(=O)NCCc2c[nH]c3ccccc23)cn1. The van der Waals surface area contributed by atoms with E-state index in [0.717, 1.165) is 30.7 Å². The van der Waals surface area contributed by atoms with Crippen LogP contribution in [0.4, 0.5) is 5.82 Å². The number of pyridine rings is 1. The number of aromatic amines is 1. The molecule has 0 aliphatic carbocycles. The summed E-state index contributed by atoms with van der Waals surface area (Å²) in [6.45, 7) is 3.57. The maximum atomic E-state index is 12.2. The van der Waals surface area contributed by atoms with E-state index in [9.17, 15) is 4.79 Å². The van der Waals surface area contributed by atoms with Gasteiger partial charge in [-0.1, -0.05) is 25.1 Å². The van der Waals surface area contributed by atoms with Gasteiger partial charge in [-0.15, -0.1) is 0 Å². The van der Waals surface area contributed by atoms with Crippen molar-refractivity contribution in [3.63, 3.8) is 0 Å². The van der Waals surface area contributed by atoms with Crippen molar-refractivity contribution in [1.82, 2.24) is 15.3 Å². The number of carbonyl (C=O) groups excluding carboxylic acids is 1. The third-order valence-corrected chi connectivity index (χ3v) is 3.94. The number of aromatic nitrogens is 2. The van der Waals surface area contributed by atoms with E-state index in [1.54, 1.807) is 12.3 Å². The molecule has 0 saturated heterocycles. The van der Waals surface area contributed by atoms with Crippen LogP contribution in [-0.2, 0) is 6.42 Å². The van der Waals surface area contributed by atoms with Crippen LogP contribution in [0.1, 0.15) is 29.3 Å². The Labute approximate surface area is 141 Å². The largest absolute Gasteiger partial charge is 0.370 e. The van der Waals surface area contributed by atoms with Gasteiger partial charge in [0.2, 0.25) is 0 Å². The van der Waals surface area contributed by atoms with Gasteiger partial charge in [0.15, 0.2) is 0 Å². The minimum atomic E-state index is -0.0932. The molecule has 3 rings (SSSR count). The van der Waals surface area contributed by atoms with Crippen LogP contribution in [0.2, 0.25) is 0 Å². The van der Waals surface area contributed by atoms with E-state index in [-0.39, 0.29) is 5.91 Å². The molecular weight excluding hydrogens is 300 g/mol. The standard InChI is InChI=1S/C19H22N4O/c1-2-10-20-18-8-7-15(13-23-18)19(24)21-11-9-14-12-22-17-6-4-3-5-16(14)17/h3-8,12-13,22H,2,9-11H2,1H3,(H,20,23)(H,21,24). The summed E-state index contributed by atoms with van der Waals surface area (Å²) in [5, 5.41) is 7.35. The van der Waals surface area contributed by atoms with E-state index in [0.29, 0.717) is 12.1 Å². The predicted octanol–water partition coefficient (Wildman–Crippen LogP) is 3.36. The lowest BCUT2D eigenvalue weighted by Gasteiger charge is -2.06. The lowest BCUT2D eigenvalue weighted by molar-refractivity contribution is 0.0954. The Kier molecular flexibility index (Phi) is 5.11. The molecule has 0 unspecified atom stereocenters. The lowest BCUT2D eigenvalue weighted by Crippen LogP contribution is -2.25. The Morgan fingerprint density at radius 2 is 2.04 bits per heavy atom. The zero-order valence-corrected chi connectivity index (χ0v) is 13.8. The first-order valence-corrected chi connectivity index (χ1v) is 8.31. The maximum absolute atomic E-state index is 12.2. The number of hydrogen-bond donors (Lipinski definition) is 3. The van der Waals surface area contributed by atoms with Crippen LogP contribution in [0.3, 0.4) is 0 Å². The number of nitrogens with zero attached hydrogens (tertiary/aromatic N) is 1. The van der Waals surface area contributed by atoms with E-state index >= 15 is 0 Å². The molecule has 2 aromatic heterocycles. The number of rotatable bonds is 7. The fourth-order valence-corrected chi connectivity index (χ4v) is 2.64. The van der Waals surface area contributed by atoms with Gasteiger partial charge in [0.1, 0.15) is 5.82 Å². The third kappa shape index (κ3) is 3.74. The number of hydrogen-bond acceptors (Lipinski definition) is 3. The highest BCUT2D eigenvalue weighted by atomic mass is 16.1. The molecule has 1 aromatic carbocycles. The zero-order chi connectivity index (χ0) is 16.8. The molecule has 0 aliphatic rings. The summed E-state index contributed by atoms with van der Waals surface area (Å²) in [6.07, 6.45) is 5.45. The highest BCUT2D eigenvalue weighted by Crippen LogP contribution is 2.17. The number of H-pyrrole nitrogens is 1. The Bertz CT molecular complexity index is 808. The fraction of sp³-hybridized carbons (Fsp3) is 0.263. The summed E-state index contributed by atoms with van der Waals surface area (Å²) in [4.78, 5) is 19.7. The van der Waals surface area contributed by atoms with Gasteiger partial charge in [-0.3, -0.25) is 4.79 Å². The zero-order valence-electron chi connectivity index (χ0n) is 13.8. The van der Waals surface area contributed by atoms with Crippen molar-refractivity contribution < 1.29 is 4.79 Å². The summed E-state index contributed by atoms with van der Waals surface area (Å²) in [6, 6.07) is 11.8. The second-order valence-electron chi connectivity index (χ2n) is 5.72. The van der Waals surface area contributed by atoms with Crippen LogP contribution in [-0.4, -0.2) is 29.0 Å². The summed E-state index contributed by atoms with van der Waals surface area (Å²) >= 11 is 0. The van der Waals surface area contributed by atoms with Crippen molar-refractivity contribution in [2.24, 2.45) is 0 Å². The maximum Gasteiger partial charge on any atom is 0.252 e. The molecule has 3 N–H and O–H groups in total. The van der Waals surface area contributed by atoms with E-state index in [1.165, 1.54) is 10.9 Å². The molecule has 0 bridgehead atoms. The average Bonchev–Trinajstić information content (AvgIpc) is 3.03. The van der Waals surface area contributed by atoms with E-state index in [1.807, 2.05) is 24.4 Å². The molecule has 5 nitrogen and oxygen atoms in total. The molecule has 0 atom stereocenters. The van der Waals surface area contributed by atoms with Gasteiger partial charge >= 0.3 is 0 Å². The van der Waals surface area contributed by atoms with E-state index < -0.39 is 0 Å². The molecule has 0 saturated carbocycles. The quantitative estimate of drug-likeness (QED) is 0.625. The number of anilines is 1. The minimum absolute atomic E-state index is 0.0932. The molecule has 0 radical (unpaired) electrons. The van der Waals surface area contributed by atoms with Crippen LogP contribution in [0, 0.1) is 0 Å². The number of nitrogens with one attached hydrogen (secondary N) is 3. The Balaban J connectivity index is 1.53. The van der Waals surface area contributed by atoms with Crippen molar-refractivity contribution in [3.05, 3.63) is 59.9 Å². The normalized spacial score (nSPS) is 10.7. The predicted molar refractivity (Wildman–Crippen MR) is 97.4 cm³/mol. The first-order valence-electron chi connectivity index (χ1n) is 8.31. The van der Waals surface area contributed by atoms with Gasteiger partial charge in [0.25, 0.3) is 5.91 Å². The van der Waals surface area contributed by atoms with Crippen molar-refractivity contribution in [3.8, 4) is 0 Å². The molecule has 1 amide bonds. The second-order valence-corrected chi connectivity index (χ2v) is 5.72. The first kappa shape index (κ1) is 16.1. The molecule has 5 heteroatoms. The fourth-order valence-electron chi connectivity index (χ4n) is 2.64. The van der Waals surface area contributed by atoms with Crippen LogP contribution in [0.5, 0.6) is 0 Å². The average molecular weight is 322 g/mol. The van der Waals surface area contributed by atoms with Gasteiger partial charge in [-0.05, 0) is 36.6 Å². The minimum Gasteiger partial charge on any atom is -0.370 e. The van der Waals surface area contributed by atoms with Crippen molar-refractivity contribution in [2.45, 2.75) is 19.8 Å². The third-order valence-electron chi connectivity index (χ3n) is 3.94. The first-order chi connectivity index (χ1) is 11.8. The number of carbonyl (C=O) groups is 1. The summed E-state index contributed by atoms with van der Waals surface area (Å²) in [7, 11) is 0. The van der Waals surface area contributed by atoms with E-state index in [2.05, 4.69) is 39.7 Å². The van der Waals surface area contributed by atoms with Crippen molar-refractivity contribution >= 4 is 22.6 Å². The number of benzene rings is 1. The van der Waals surface area contributed by atoms with Crippen LogP contribution in [0.15, 0.2) is 48.8 Å². The van der Waals surface area contributed by atoms with Crippen molar-refractivity contribution in [2.75, 3.05) is 18.4 Å². The Morgan fingerprint density at radius 3 is 2.83 bits per heavy atom. The Hall–Kier alpha value is -2.82. The highest BCUT2D eigenvalue weighted by molar-refractivity contribution is 5.94. The summed E-state index contributed by atoms with van der Waals surface area (Å²) in [5.74, 6) is 0.705. The summed E-state index contributed by atoms with van der Waals surface area (Å²) in [5.41, 5.74) is 2.91. The van der Waals surface area contributed by atoms with Gasteiger partial charge in [-0.2, -0.15) is 0 Å². The van der Waals surface area contributed by atoms with Crippen LogP contribution < -0.4 is 10.6 Å². The van der Waals surface area contributed by atoms with Gasteiger partial charge in [-0.25, -0.2) is 4.98 Å². The van der Waals surface area contributed by atoms with Crippen LogP contribution >= 0.6 is 0 Å². The van der Waals surface area contributed by atoms with E-state index in [4.69, 9.17) is 0 Å². The molecule has 0 fully saturated rings. The van der Waals surface area contributed by atoms with Crippen molar-refractivity contribution in [1.29, 1.82) is 0 Å². The molecular formula is C19H22N4O. The van der Waals surface area contributed by atoms with Crippen LogP contribution in [0.25, 0.3) is 10.9 Å². The Morgan fingerprint density at radius 1 is 1.17 bits per heavy atom. The topological polar surface area (TPSA) is 69.8 Å². The lowest BCUT2D eigenvalue weighted by atomic mass is 10.1. The van der Waals surface area contributed by atoms with Gasteiger partial charge in [0, 0.05) is 36.4 Å². The molecule has 2 heterocycles. The molecule has 0 aliphatic heterocycles. The van der Waals surface area contributed by atoms with Gasteiger partial charge in [0.05, 0.1) is 5.56 Å². The molecule has 3 aromatic rings. The second kappa shape index (κ2) is 7.64. The molecule has 124 valence electrons. The number of para-hydroxylation sites is 1. The number of amides is 1. The monoisotopic (exact) mass is 322 g/mol. The molecule has 0 spiro atoms. The van der Waals surface area contributed by atoms with Gasteiger partial charge < -0.3 is 15.6 Å². The number of fused-ring (bicyclic) bond motifs is 1. The summed E-state index contributed by atoms with van der Waals surface area (Å²) < 4.78 is 0. The highest BCUT2D eigenvalue weighted by Gasteiger charge is 2.07. The smallest absolute Gasteiger partial charge is 0.252 e. The molecule has 24 heavy (non-hydrogen) atoms.